The molecule has 0 aliphatic carbocycles. The van der Waals surface area contributed by atoms with Crippen molar-refractivity contribution in [2.75, 3.05) is 6.26 Å². The highest BCUT2D eigenvalue weighted by Crippen LogP contribution is 2.34. The molecule has 0 spiro atoms. The van der Waals surface area contributed by atoms with Gasteiger partial charge < -0.3 is 9.47 Å². The standard InChI is InChI=1S/C52H38O4S3/c1-35-3-5-38(6-4-35)51(53)39-11-21-44(22-12-39)55-42-17-7-36(8-18-42)37-9-19-43(20-10-37)56-45-23-13-40(14-24-45)52(54)41-15-25-47(26-16-41)58-49-31-33-50(34-32-49)59-48-29-27-46(57-2)28-30-48/h3-34H,1-2H3. The fourth-order valence-electron chi connectivity index (χ4n) is 6.26. The molecule has 8 aromatic carbocycles. The first-order chi connectivity index (χ1) is 28.8. The largest absolute Gasteiger partial charge is 0.457 e. The molecule has 0 saturated heterocycles. The molecule has 7 heteroatoms. The molecule has 8 rings (SSSR count). The summed E-state index contributed by atoms with van der Waals surface area (Å²) in [5.74, 6) is 2.64. The maximum Gasteiger partial charge on any atom is 0.193 e. The van der Waals surface area contributed by atoms with E-state index in [-0.39, 0.29) is 11.6 Å². The predicted octanol–water partition coefficient (Wildman–Crippen LogP) is 14.7. The fraction of sp³-hybridized carbons (Fsp3) is 0.0385. The number of ether oxygens (including phenoxy) is 2. The van der Waals surface area contributed by atoms with E-state index >= 15 is 0 Å². The van der Waals surface area contributed by atoms with Gasteiger partial charge in [-0.2, -0.15) is 0 Å². The van der Waals surface area contributed by atoms with Crippen LogP contribution in [0.5, 0.6) is 23.0 Å². The van der Waals surface area contributed by atoms with Crippen LogP contribution in [0.1, 0.15) is 37.4 Å². The van der Waals surface area contributed by atoms with Gasteiger partial charge in [-0.1, -0.05) is 77.6 Å². The summed E-state index contributed by atoms with van der Waals surface area (Å²) in [6, 6.07) is 62.7. The van der Waals surface area contributed by atoms with E-state index in [1.807, 2.05) is 128 Å². The lowest BCUT2D eigenvalue weighted by molar-refractivity contribution is 0.103. The van der Waals surface area contributed by atoms with E-state index in [4.69, 9.17) is 9.47 Å². The Kier molecular flexibility index (Phi) is 12.4. The third kappa shape index (κ3) is 10.3. The molecule has 4 nitrogen and oxygen atoms in total. The van der Waals surface area contributed by atoms with Gasteiger partial charge in [0.05, 0.1) is 0 Å². The lowest BCUT2D eigenvalue weighted by Gasteiger charge is -2.10. The lowest BCUT2D eigenvalue weighted by atomic mass is 10.0. The van der Waals surface area contributed by atoms with E-state index in [9.17, 15) is 9.59 Å². The Bertz CT molecular complexity index is 2660. The fourth-order valence-corrected chi connectivity index (χ4v) is 8.30. The average molecular weight is 823 g/mol. The molecule has 288 valence electrons. The summed E-state index contributed by atoms with van der Waals surface area (Å²) in [6.45, 7) is 2.00. The van der Waals surface area contributed by atoms with Gasteiger partial charge >= 0.3 is 0 Å². The van der Waals surface area contributed by atoms with Gasteiger partial charge in [0, 0.05) is 46.7 Å². The topological polar surface area (TPSA) is 52.6 Å². The third-order valence-electron chi connectivity index (χ3n) is 9.53. The van der Waals surface area contributed by atoms with Crippen molar-refractivity contribution in [3.05, 3.63) is 222 Å². The molecule has 0 heterocycles. The van der Waals surface area contributed by atoms with Gasteiger partial charge in [-0.05, 0) is 170 Å². The van der Waals surface area contributed by atoms with Crippen LogP contribution in [0, 0.1) is 6.92 Å². The highest BCUT2D eigenvalue weighted by atomic mass is 32.2. The van der Waals surface area contributed by atoms with Gasteiger partial charge in [-0.15, -0.1) is 11.8 Å². The van der Waals surface area contributed by atoms with E-state index in [0.29, 0.717) is 45.3 Å². The molecule has 0 aliphatic rings. The molecule has 0 aliphatic heterocycles. The molecule has 59 heavy (non-hydrogen) atoms. The zero-order chi connectivity index (χ0) is 40.6. The number of hydrogen-bond donors (Lipinski definition) is 0. The molecule has 0 aromatic heterocycles. The molecule has 0 amide bonds. The summed E-state index contributed by atoms with van der Waals surface area (Å²) in [5, 5.41) is 0. The first-order valence-corrected chi connectivity index (χ1v) is 21.8. The zero-order valence-electron chi connectivity index (χ0n) is 32.3. The first-order valence-electron chi connectivity index (χ1n) is 19.0. The van der Waals surface area contributed by atoms with Crippen molar-refractivity contribution in [1.29, 1.82) is 0 Å². The van der Waals surface area contributed by atoms with E-state index < -0.39 is 0 Å². The van der Waals surface area contributed by atoms with E-state index in [2.05, 4.69) is 54.8 Å². The van der Waals surface area contributed by atoms with Gasteiger partial charge in [0.25, 0.3) is 0 Å². The minimum atomic E-state index is -0.0379. The van der Waals surface area contributed by atoms with Gasteiger partial charge in [0.15, 0.2) is 11.6 Å². The Hall–Kier alpha value is -6.25. The number of ketones is 2. The van der Waals surface area contributed by atoms with Crippen LogP contribution in [0.3, 0.4) is 0 Å². The van der Waals surface area contributed by atoms with Crippen LogP contribution >= 0.6 is 35.3 Å². The van der Waals surface area contributed by atoms with Crippen LogP contribution in [0.4, 0.5) is 0 Å². The van der Waals surface area contributed by atoms with Crippen molar-refractivity contribution in [3.63, 3.8) is 0 Å². The number of benzene rings is 8. The second-order valence-corrected chi connectivity index (χ2v) is 16.9. The maximum atomic E-state index is 13.3. The van der Waals surface area contributed by atoms with Crippen molar-refractivity contribution in [2.24, 2.45) is 0 Å². The Morgan fingerprint density at radius 1 is 0.339 bits per heavy atom. The Morgan fingerprint density at radius 3 is 0.915 bits per heavy atom. The molecular weight excluding hydrogens is 785 g/mol. The van der Waals surface area contributed by atoms with E-state index in [1.165, 1.54) is 14.7 Å². The Labute approximate surface area is 357 Å². The van der Waals surface area contributed by atoms with E-state index in [0.717, 1.165) is 26.5 Å². The Balaban J connectivity index is 0.812. The average Bonchev–Trinajstić information content (AvgIpc) is 3.28. The Morgan fingerprint density at radius 2 is 0.593 bits per heavy atom. The van der Waals surface area contributed by atoms with Crippen molar-refractivity contribution < 1.29 is 19.1 Å². The molecule has 0 fully saturated rings. The van der Waals surface area contributed by atoms with E-state index in [1.54, 1.807) is 59.6 Å². The van der Waals surface area contributed by atoms with Crippen LogP contribution < -0.4 is 9.47 Å². The highest BCUT2D eigenvalue weighted by molar-refractivity contribution is 8.00. The summed E-state index contributed by atoms with van der Waals surface area (Å²) in [6.07, 6.45) is 2.09. The normalized spacial score (nSPS) is 10.9. The molecule has 0 unspecified atom stereocenters. The van der Waals surface area contributed by atoms with Gasteiger partial charge in [-0.25, -0.2) is 0 Å². The minimum Gasteiger partial charge on any atom is -0.457 e. The van der Waals surface area contributed by atoms with Crippen molar-refractivity contribution in [1.82, 2.24) is 0 Å². The molecule has 0 saturated carbocycles. The van der Waals surface area contributed by atoms with Crippen LogP contribution in [0.15, 0.2) is 219 Å². The van der Waals surface area contributed by atoms with Crippen LogP contribution in [0.2, 0.25) is 0 Å². The van der Waals surface area contributed by atoms with Gasteiger partial charge in [-0.3, -0.25) is 9.59 Å². The summed E-state index contributed by atoms with van der Waals surface area (Å²) in [7, 11) is 0. The second kappa shape index (κ2) is 18.6. The minimum absolute atomic E-state index is 0.0167. The van der Waals surface area contributed by atoms with Crippen LogP contribution in [-0.2, 0) is 0 Å². The summed E-state index contributed by atoms with van der Waals surface area (Å²) >= 11 is 5.17. The van der Waals surface area contributed by atoms with Crippen molar-refractivity contribution >= 4 is 46.9 Å². The smallest absolute Gasteiger partial charge is 0.193 e. The monoisotopic (exact) mass is 822 g/mol. The quantitative estimate of drug-likeness (QED) is 0.0800. The van der Waals surface area contributed by atoms with Gasteiger partial charge in [0.1, 0.15) is 23.0 Å². The SMILES string of the molecule is CSc1ccc(Sc2ccc(Sc3ccc(C(=O)c4ccc(Oc5ccc(-c6ccc(Oc7ccc(C(=O)c8ccc(C)cc8)cc7)cc6)cc5)cc4)cc3)cc2)cc1. The van der Waals surface area contributed by atoms with Crippen molar-refractivity contribution in [2.45, 2.75) is 31.4 Å². The highest BCUT2D eigenvalue weighted by Gasteiger charge is 2.12. The zero-order valence-corrected chi connectivity index (χ0v) is 34.8. The predicted molar refractivity (Wildman–Crippen MR) is 242 cm³/mol. The molecule has 8 aromatic rings. The first kappa shape index (κ1) is 39.6. The molecule has 0 N–H and O–H groups in total. The lowest BCUT2D eigenvalue weighted by Crippen LogP contribution is -2.00. The maximum absolute atomic E-state index is 13.3. The van der Waals surface area contributed by atoms with Crippen molar-refractivity contribution in [3.8, 4) is 34.1 Å². The van der Waals surface area contributed by atoms with Gasteiger partial charge in [0.2, 0.25) is 0 Å². The number of thioether (sulfide) groups is 1. The number of carbonyl (C=O) groups excluding carboxylic acids is 2. The summed E-state index contributed by atoms with van der Waals surface area (Å²) in [4.78, 5) is 32.0. The number of aryl methyl sites for hydroxylation is 1. The molecule has 0 bridgehead atoms. The number of carbonyl (C=O) groups is 2. The van der Waals surface area contributed by atoms with Crippen LogP contribution in [0.25, 0.3) is 11.1 Å². The van der Waals surface area contributed by atoms with Crippen LogP contribution in [-0.4, -0.2) is 17.8 Å². The number of hydrogen-bond acceptors (Lipinski definition) is 7. The number of rotatable bonds is 14. The second-order valence-electron chi connectivity index (χ2n) is 13.7. The molecule has 0 atom stereocenters. The summed E-state index contributed by atoms with van der Waals surface area (Å²) in [5.41, 5.74) is 5.71. The molecule has 0 radical (unpaired) electrons. The summed E-state index contributed by atoms with van der Waals surface area (Å²) < 4.78 is 12.2. The third-order valence-corrected chi connectivity index (χ3v) is 12.3. The molecular formula is C52H38O4S3.